The maximum absolute atomic E-state index is 15.1. The summed E-state index contributed by atoms with van der Waals surface area (Å²) in [6.45, 7) is 2.82. The van der Waals surface area contributed by atoms with Gasteiger partial charge in [0.25, 0.3) is 0 Å². The molecule has 7 heteroatoms. The SMILES string of the molecule is CCn1c(-c2c(F)cc(OCCOC)cc2F)c(-c2ccccc2Cl)ccc1=S. The molecule has 0 aliphatic heterocycles. The van der Waals surface area contributed by atoms with E-state index in [0.29, 0.717) is 39.6 Å². The number of methoxy groups -OCH3 is 1. The summed E-state index contributed by atoms with van der Waals surface area (Å²) in [5.74, 6) is -1.39. The molecule has 1 aromatic heterocycles. The van der Waals surface area contributed by atoms with Crippen LogP contribution in [0.2, 0.25) is 5.02 Å². The van der Waals surface area contributed by atoms with E-state index in [0.717, 1.165) is 0 Å². The van der Waals surface area contributed by atoms with Crippen LogP contribution in [0.25, 0.3) is 22.4 Å². The minimum Gasteiger partial charge on any atom is -0.491 e. The van der Waals surface area contributed by atoms with Gasteiger partial charge < -0.3 is 14.0 Å². The van der Waals surface area contributed by atoms with Crippen LogP contribution in [-0.4, -0.2) is 24.9 Å². The molecule has 0 fully saturated rings. The summed E-state index contributed by atoms with van der Waals surface area (Å²) in [4.78, 5) is 0. The van der Waals surface area contributed by atoms with E-state index in [1.165, 1.54) is 19.2 Å². The third-order valence-electron chi connectivity index (χ3n) is 4.47. The average molecular weight is 436 g/mol. The van der Waals surface area contributed by atoms with Crippen LogP contribution in [0.3, 0.4) is 0 Å². The molecule has 0 saturated carbocycles. The molecule has 0 unspecified atom stereocenters. The van der Waals surface area contributed by atoms with Gasteiger partial charge in [-0.2, -0.15) is 0 Å². The normalized spacial score (nSPS) is 10.9. The van der Waals surface area contributed by atoms with E-state index in [4.69, 9.17) is 33.3 Å². The first kappa shape index (κ1) is 21.4. The largest absolute Gasteiger partial charge is 0.491 e. The number of nitrogens with zero attached hydrogens (tertiary/aromatic N) is 1. The summed E-state index contributed by atoms with van der Waals surface area (Å²) in [7, 11) is 1.52. The minimum absolute atomic E-state index is 0.0951. The third-order valence-corrected chi connectivity index (χ3v) is 5.16. The summed E-state index contributed by atoms with van der Waals surface area (Å²) in [6, 6.07) is 13.0. The Kier molecular flexibility index (Phi) is 7.00. The van der Waals surface area contributed by atoms with Gasteiger partial charge >= 0.3 is 0 Å². The zero-order valence-electron chi connectivity index (χ0n) is 16.0. The van der Waals surface area contributed by atoms with Crippen LogP contribution in [0.15, 0.2) is 48.5 Å². The highest BCUT2D eigenvalue weighted by molar-refractivity contribution is 7.71. The van der Waals surface area contributed by atoms with Crippen molar-refractivity contribution in [2.45, 2.75) is 13.5 Å². The Hall–Kier alpha value is -2.28. The molecular formula is C22H20ClF2NO2S. The number of halogens is 3. The van der Waals surface area contributed by atoms with Crippen LogP contribution in [0.4, 0.5) is 8.78 Å². The van der Waals surface area contributed by atoms with E-state index in [2.05, 4.69) is 0 Å². The molecule has 2 aromatic carbocycles. The maximum Gasteiger partial charge on any atom is 0.139 e. The van der Waals surface area contributed by atoms with Crippen molar-refractivity contribution in [3.05, 3.63) is 69.8 Å². The zero-order valence-corrected chi connectivity index (χ0v) is 17.6. The van der Waals surface area contributed by atoms with Gasteiger partial charge in [0.1, 0.15) is 28.6 Å². The molecule has 3 aromatic rings. The van der Waals surface area contributed by atoms with Crippen molar-refractivity contribution < 1.29 is 18.3 Å². The Balaban J connectivity index is 2.24. The van der Waals surface area contributed by atoms with Crippen LogP contribution < -0.4 is 4.74 Å². The van der Waals surface area contributed by atoms with Gasteiger partial charge in [0.2, 0.25) is 0 Å². The van der Waals surface area contributed by atoms with Gasteiger partial charge in [-0.05, 0) is 25.1 Å². The molecule has 0 atom stereocenters. The Morgan fingerprint density at radius 3 is 2.31 bits per heavy atom. The molecule has 0 aliphatic carbocycles. The molecule has 1 heterocycles. The lowest BCUT2D eigenvalue weighted by Gasteiger charge is -2.19. The molecule has 0 aliphatic rings. The standard InChI is InChI=1S/C22H20ClF2NO2S/c1-3-26-20(29)9-8-16(15-6-4-5-7-17(15)23)22(26)21-18(24)12-14(13-19(21)25)28-11-10-27-2/h4-9,12-13H,3,10-11H2,1-2H3. The lowest BCUT2D eigenvalue weighted by molar-refractivity contribution is 0.146. The van der Waals surface area contributed by atoms with Crippen molar-refractivity contribution in [2.75, 3.05) is 20.3 Å². The summed E-state index contributed by atoms with van der Waals surface area (Å²) >= 11 is 11.8. The van der Waals surface area contributed by atoms with E-state index >= 15 is 8.78 Å². The van der Waals surface area contributed by atoms with E-state index in [-0.39, 0.29) is 17.9 Å². The number of hydrogen-bond donors (Lipinski definition) is 0. The quantitative estimate of drug-likeness (QED) is 0.311. The van der Waals surface area contributed by atoms with Gasteiger partial charge in [-0.25, -0.2) is 8.78 Å². The van der Waals surface area contributed by atoms with Crippen LogP contribution in [0.1, 0.15) is 6.92 Å². The van der Waals surface area contributed by atoms with Crippen LogP contribution >= 0.6 is 23.8 Å². The number of hydrogen-bond acceptors (Lipinski definition) is 3. The van der Waals surface area contributed by atoms with E-state index in [9.17, 15) is 0 Å². The molecule has 0 amide bonds. The summed E-state index contributed by atoms with van der Waals surface area (Å²) in [6.07, 6.45) is 0. The lowest BCUT2D eigenvalue weighted by Crippen LogP contribution is -2.08. The van der Waals surface area contributed by atoms with Crippen LogP contribution in [-0.2, 0) is 11.3 Å². The fraction of sp³-hybridized carbons (Fsp3) is 0.227. The number of pyridine rings is 1. The van der Waals surface area contributed by atoms with E-state index in [1.807, 2.05) is 19.1 Å². The number of benzene rings is 2. The predicted molar refractivity (Wildman–Crippen MR) is 114 cm³/mol. The zero-order chi connectivity index (χ0) is 21.0. The smallest absolute Gasteiger partial charge is 0.139 e. The molecule has 0 N–H and O–H groups in total. The van der Waals surface area contributed by atoms with Gasteiger partial charge in [0.15, 0.2) is 0 Å². The molecule has 3 rings (SSSR count). The maximum atomic E-state index is 15.1. The second kappa shape index (κ2) is 9.48. The van der Waals surface area contributed by atoms with Crippen molar-refractivity contribution in [1.82, 2.24) is 4.57 Å². The highest BCUT2D eigenvalue weighted by Gasteiger charge is 2.22. The van der Waals surface area contributed by atoms with Crippen LogP contribution in [0.5, 0.6) is 5.75 Å². The third kappa shape index (κ3) is 4.50. The monoisotopic (exact) mass is 435 g/mol. The molecular weight excluding hydrogens is 416 g/mol. The number of ether oxygens (including phenoxy) is 2. The summed E-state index contributed by atoms with van der Waals surface area (Å²) in [5.41, 5.74) is 1.43. The molecule has 3 nitrogen and oxygen atoms in total. The Labute approximate surface area is 178 Å². The first-order valence-corrected chi connectivity index (χ1v) is 9.86. The topological polar surface area (TPSA) is 23.4 Å². The summed E-state index contributed by atoms with van der Waals surface area (Å²) in [5, 5.41) is 0.480. The second-order valence-corrected chi connectivity index (χ2v) is 7.09. The second-order valence-electron chi connectivity index (χ2n) is 6.26. The van der Waals surface area contributed by atoms with Crippen molar-refractivity contribution in [1.29, 1.82) is 0 Å². The van der Waals surface area contributed by atoms with Crippen molar-refractivity contribution in [3.8, 4) is 28.1 Å². The van der Waals surface area contributed by atoms with Crippen molar-refractivity contribution in [2.24, 2.45) is 0 Å². The fourth-order valence-corrected chi connectivity index (χ4v) is 3.69. The molecule has 0 spiro atoms. The highest BCUT2D eigenvalue weighted by atomic mass is 35.5. The first-order valence-electron chi connectivity index (χ1n) is 9.07. The molecule has 152 valence electrons. The summed E-state index contributed by atoms with van der Waals surface area (Å²) < 4.78 is 42.7. The van der Waals surface area contributed by atoms with E-state index in [1.54, 1.807) is 28.8 Å². The Morgan fingerprint density at radius 2 is 1.69 bits per heavy atom. The Bertz CT molecular complexity index is 1060. The van der Waals surface area contributed by atoms with Crippen LogP contribution in [0, 0.1) is 16.3 Å². The Morgan fingerprint density at radius 1 is 1.00 bits per heavy atom. The first-order chi connectivity index (χ1) is 14.0. The number of aromatic nitrogens is 1. The molecule has 0 bridgehead atoms. The van der Waals surface area contributed by atoms with Crippen molar-refractivity contribution >= 4 is 23.8 Å². The fourth-order valence-electron chi connectivity index (χ4n) is 3.16. The van der Waals surface area contributed by atoms with Gasteiger partial charge in [-0.3, -0.25) is 0 Å². The minimum atomic E-state index is -0.742. The van der Waals surface area contributed by atoms with Gasteiger partial charge in [-0.1, -0.05) is 42.0 Å². The molecule has 29 heavy (non-hydrogen) atoms. The van der Waals surface area contributed by atoms with E-state index < -0.39 is 11.6 Å². The highest BCUT2D eigenvalue weighted by Crippen LogP contribution is 2.39. The van der Waals surface area contributed by atoms with Gasteiger partial charge in [-0.15, -0.1) is 0 Å². The number of rotatable bonds is 7. The van der Waals surface area contributed by atoms with Gasteiger partial charge in [0, 0.05) is 41.9 Å². The van der Waals surface area contributed by atoms with Crippen molar-refractivity contribution in [3.63, 3.8) is 0 Å². The molecule has 0 radical (unpaired) electrons. The van der Waals surface area contributed by atoms with Gasteiger partial charge in [0.05, 0.1) is 17.9 Å². The lowest BCUT2D eigenvalue weighted by atomic mass is 9.97. The average Bonchev–Trinajstić information content (AvgIpc) is 2.69. The molecule has 0 saturated heterocycles. The predicted octanol–water partition coefficient (Wildman–Crippen LogP) is 6.53.